The molecule has 0 N–H and O–H groups in total. The van der Waals surface area contributed by atoms with Crippen molar-refractivity contribution in [3.05, 3.63) is 0 Å². The van der Waals surface area contributed by atoms with Crippen LogP contribution in [0.4, 0.5) is 0 Å². The maximum absolute atomic E-state index is 10.9. The van der Waals surface area contributed by atoms with E-state index in [1.807, 2.05) is 6.92 Å². The van der Waals surface area contributed by atoms with Gasteiger partial charge >= 0.3 is 0 Å². The number of rotatable bonds is 11. The molecule has 0 rings (SSSR count). The van der Waals surface area contributed by atoms with Crippen molar-refractivity contribution in [3.8, 4) is 0 Å². The first kappa shape index (κ1) is 17.1. The fraction of sp³-hybridized carbons (Fsp3) is 1.00. The number of halogens is 1. The van der Waals surface area contributed by atoms with Gasteiger partial charge in [0.15, 0.2) is 0 Å². The van der Waals surface area contributed by atoms with E-state index < -0.39 is 9.05 Å². The van der Waals surface area contributed by atoms with Gasteiger partial charge in [0.2, 0.25) is 9.05 Å². The van der Waals surface area contributed by atoms with Crippen molar-refractivity contribution < 1.29 is 22.6 Å². The zero-order chi connectivity index (χ0) is 13.1. The number of hydrogen-bond acceptors (Lipinski definition) is 5. The van der Waals surface area contributed by atoms with E-state index in [1.54, 1.807) is 7.11 Å². The highest BCUT2D eigenvalue weighted by molar-refractivity contribution is 8.13. The minimum atomic E-state index is -3.45. The van der Waals surface area contributed by atoms with Crippen molar-refractivity contribution in [2.75, 3.05) is 45.9 Å². The molecule has 0 spiro atoms. The van der Waals surface area contributed by atoms with Crippen molar-refractivity contribution in [2.24, 2.45) is 5.92 Å². The number of methoxy groups -OCH3 is 1. The second-order valence-corrected chi connectivity index (χ2v) is 6.48. The van der Waals surface area contributed by atoms with Gasteiger partial charge in [-0.3, -0.25) is 0 Å². The van der Waals surface area contributed by atoms with Gasteiger partial charge in [0.1, 0.15) is 0 Å². The summed E-state index contributed by atoms with van der Waals surface area (Å²) in [5.41, 5.74) is 0. The molecule has 17 heavy (non-hydrogen) atoms. The van der Waals surface area contributed by atoms with E-state index in [1.165, 1.54) is 0 Å². The standard InChI is InChI=1S/C10H21ClO5S/c1-3-10(9-17(11,12)13)8-16-7-6-15-5-4-14-2/h10H,3-9H2,1-2H3. The first-order valence-electron chi connectivity index (χ1n) is 5.56. The van der Waals surface area contributed by atoms with Gasteiger partial charge in [-0.2, -0.15) is 0 Å². The average molecular weight is 289 g/mol. The molecule has 0 heterocycles. The second-order valence-electron chi connectivity index (χ2n) is 3.66. The number of ether oxygens (including phenoxy) is 3. The summed E-state index contributed by atoms with van der Waals surface area (Å²) in [5.74, 6) is -0.105. The molecule has 104 valence electrons. The third-order valence-corrected chi connectivity index (χ3v) is 3.42. The Morgan fingerprint density at radius 3 is 2.24 bits per heavy atom. The normalized spacial score (nSPS) is 13.8. The summed E-state index contributed by atoms with van der Waals surface area (Å²) in [6.45, 7) is 4.31. The molecule has 0 aliphatic rings. The SMILES string of the molecule is CCC(COCCOCCOC)CS(=O)(=O)Cl. The van der Waals surface area contributed by atoms with Crippen molar-refractivity contribution in [3.63, 3.8) is 0 Å². The Labute approximate surface area is 108 Å². The average Bonchev–Trinajstić information content (AvgIpc) is 2.24. The Morgan fingerprint density at radius 2 is 1.71 bits per heavy atom. The highest BCUT2D eigenvalue weighted by Crippen LogP contribution is 2.10. The van der Waals surface area contributed by atoms with E-state index >= 15 is 0 Å². The molecule has 1 atom stereocenters. The molecule has 0 radical (unpaired) electrons. The fourth-order valence-electron chi connectivity index (χ4n) is 1.18. The minimum Gasteiger partial charge on any atom is -0.382 e. The van der Waals surface area contributed by atoms with Crippen LogP contribution in [0.5, 0.6) is 0 Å². The zero-order valence-corrected chi connectivity index (χ0v) is 11.9. The lowest BCUT2D eigenvalue weighted by atomic mass is 10.1. The van der Waals surface area contributed by atoms with Crippen LogP contribution in [0.15, 0.2) is 0 Å². The van der Waals surface area contributed by atoms with Gasteiger partial charge in [-0.1, -0.05) is 13.3 Å². The molecule has 7 heteroatoms. The molecule has 0 saturated heterocycles. The van der Waals surface area contributed by atoms with Crippen LogP contribution in [-0.4, -0.2) is 54.3 Å². The van der Waals surface area contributed by atoms with E-state index in [0.29, 0.717) is 33.0 Å². The quantitative estimate of drug-likeness (QED) is 0.423. The molecule has 0 aromatic heterocycles. The molecule has 1 unspecified atom stereocenters. The first-order chi connectivity index (χ1) is 7.99. The van der Waals surface area contributed by atoms with E-state index in [4.69, 9.17) is 24.9 Å². The van der Waals surface area contributed by atoms with Gasteiger partial charge in [0.25, 0.3) is 0 Å². The Hall–Kier alpha value is 0.120. The Morgan fingerprint density at radius 1 is 1.12 bits per heavy atom. The summed E-state index contributed by atoms with van der Waals surface area (Å²) in [6, 6.07) is 0. The Balaban J connectivity index is 3.50. The smallest absolute Gasteiger partial charge is 0.232 e. The third kappa shape index (κ3) is 12.4. The van der Waals surface area contributed by atoms with Crippen LogP contribution in [0, 0.1) is 5.92 Å². The topological polar surface area (TPSA) is 61.8 Å². The van der Waals surface area contributed by atoms with Crippen molar-refractivity contribution in [1.29, 1.82) is 0 Å². The molecule has 0 amide bonds. The largest absolute Gasteiger partial charge is 0.382 e. The summed E-state index contributed by atoms with van der Waals surface area (Å²) in [4.78, 5) is 0. The molecule has 5 nitrogen and oxygen atoms in total. The molecule has 0 aliphatic carbocycles. The third-order valence-electron chi connectivity index (χ3n) is 2.17. The van der Waals surface area contributed by atoms with Gasteiger partial charge in [0, 0.05) is 17.8 Å². The predicted octanol–water partition coefficient (Wildman–Crippen LogP) is 1.26. The zero-order valence-electron chi connectivity index (χ0n) is 10.4. The molecule has 0 aromatic carbocycles. The molecule has 0 aliphatic heterocycles. The predicted molar refractivity (Wildman–Crippen MR) is 66.9 cm³/mol. The van der Waals surface area contributed by atoms with Crippen LogP contribution in [0.2, 0.25) is 0 Å². The van der Waals surface area contributed by atoms with Crippen LogP contribution in [0.1, 0.15) is 13.3 Å². The van der Waals surface area contributed by atoms with Gasteiger partial charge in [-0.15, -0.1) is 0 Å². The summed E-state index contributed by atoms with van der Waals surface area (Å²) >= 11 is 0. The van der Waals surface area contributed by atoms with Crippen LogP contribution in [0.25, 0.3) is 0 Å². The monoisotopic (exact) mass is 288 g/mol. The molecule has 0 bridgehead atoms. The van der Waals surface area contributed by atoms with Crippen LogP contribution >= 0.6 is 10.7 Å². The second kappa shape index (κ2) is 10.1. The molecular weight excluding hydrogens is 268 g/mol. The summed E-state index contributed by atoms with van der Waals surface area (Å²) in [7, 11) is 3.35. The molecule has 0 saturated carbocycles. The van der Waals surface area contributed by atoms with E-state index in [2.05, 4.69) is 0 Å². The van der Waals surface area contributed by atoms with Crippen molar-refractivity contribution >= 4 is 19.7 Å². The van der Waals surface area contributed by atoms with Gasteiger partial charge in [-0.05, 0) is 5.92 Å². The van der Waals surface area contributed by atoms with Gasteiger partial charge in [0.05, 0.1) is 38.8 Å². The van der Waals surface area contributed by atoms with E-state index in [0.717, 1.165) is 6.42 Å². The molecule has 0 aromatic rings. The van der Waals surface area contributed by atoms with Gasteiger partial charge < -0.3 is 14.2 Å². The van der Waals surface area contributed by atoms with Crippen molar-refractivity contribution in [1.82, 2.24) is 0 Å². The maximum atomic E-state index is 10.9. The summed E-state index contributed by atoms with van der Waals surface area (Å²) < 4.78 is 37.1. The minimum absolute atomic E-state index is 0.0460. The first-order valence-corrected chi connectivity index (χ1v) is 8.04. The Bertz CT molecular complexity index is 268. The highest BCUT2D eigenvalue weighted by atomic mass is 35.7. The Kier molecular flexibility index (Phi) is 10.2. The van der Waals surface area contributed by atoms with E-state index in [9.17, 15) is 8.42 Å². The van der Waals surface area contributed by atoms with Crippen LogP contribution in [0.3, 0.4) is 0 Å². The summed E-state index contributed by atoms with van der Waals surface area (Å²) in [6.07, 6.45) is 0.719. The lowest BCUT2D eigenvalue weighted by Gasteiger charge is -2.13. The molecule has 0 fully saturated rings. The maximum Gasteiger partial charge on any atom is 0.232 e. The van der Waals surface area contributed by atoms with Gasteiger partial charge in [-0.25, -0.2) is 8.42 Å². The molecular formula is C10H21ClO5S. The lowest BCUT2D eigenvalue weighted by molar-refractivity contribution is 0.0170. The lowest BCUT2D eigenvalue weighted by Crippen LogP contribution is -2.19. The van der Waals surface area contributed by atoms with Crippen LogP contribution < -0.4 is 0 Å². The van der Waals surface area contributed by atoms with Crippen molar-refractivity contribution in [2.45, 2.75) is 13.3 Å². The highest BCUT2D eigenvalue weighted by Gasteiger charge is 2.15. The van der Waals surface area contributed by atoms with Crippen LogP contribution in [-0.2, 0) is 23.3 Å². The summed E-state index contributed by atoms with van der Waals surface area (Å²) in [5, 5.41) is 0. The van der Waals surface area contributed by atoms with E-state index in [-0.39, 0.29) is 11.7 Å². The fourth-order valence-corrected chi connectivity index (χ4v) is 2.61. The number of hydrogen-bond donors (Lipinski definition) is 0.